The highest BCUT2D eigenvalue weighted by Gasteiger charge is 2.30. The predicted octanol–water partition coefficient (Wildman–Crippen LogP) is 1.65. The van der Waals surface area contributed by atoms with Crippen LogP contribution >= 0.6 is 0 Å². The van der Waals surface area contributed by atoms with Crippen LogP contribution in [0.3, 0.4) is 0 Å². The molecule has 18 heavy (non-hydrogen) atoms. The number of hydrogen-bond donors (Lipinski definition) is 1. The van der Waals surface area contributed by atoms with Gasteiger partial charge in [0.15, 0.2) is 6.10 Å². The van der Waals surface area contributed by atoms with Gasteiger partial charge in [-0.1, -0.05) is 0 Å². The molecule has 1 aromatic rings. The maximum atomic E-state index is 10.8. The molecule has 5 heteroatoms. The van der Waals surface area contributed by atoms with Crippen molar-refractivity contribution in [2.45, 2.75) is 38.5 Å². The lowest BCUT2D eigenvalue weighted by molar-refractivity contribution is -0.149. The predicted molar refractivity (Wildman–Crippen MR) is 65.3 cm³/mol. The Morgan fingerprint density at radius 3 is 2.83 bits per heavy atom. The molecule has 1 fully saturated rings. The van der Waals surface area contributed by atoms with E-state index >= 15 is 0 Å². The van der Waals surface area contributed by atoms with Crippen LogP contribution in [0.25, 0.3) is 0 Å². The molecular weight excluding hydrogens is 234 g/mol. The van der Waals surface area contributed by atoms with Crippen molar-refractivity contribution in [3.8, 4) is 0 Å². The Labute approximate surface area is 106 Å². The van der Waals surface area contributed by atoms with Crippen molar-refractivity contribution in [2.75, 3.05) is 13.6 Å². The molecule has 0 bridgehead atoms. The molecule has 1 aliphatic rings. The second kappa shape index (κ2) is 5.54. The van der Waals surface area contributed by atoms with Gasteiger partial charge in [-0.05, 0) is 38.9 Å². The van der Waals surface area contributed by atoms with E-state index in [1.165, 1.54) is 0 Å². The number of ether oxygens (including phenoxy) is 1. The van der Waals surface area contributed by atoms with Crippen molar-refractivity contribution in [1.29, 1.82) is 0 Å². The molecule has 2 unspecified atom stereocenters. The summed E-state index contributed by atoms with van der Waals surface area (Å²) in [6.45, 7) is 3.36. The van der Waals surface area contributed by atoms with Crippen LogP contribution < -0.4 is 0 Å². The minimum absolute atomic E-state index is 0.00663. The Morgan fingerprint density at radius 1 is 1.50 bits per heavy atom. The molecule has 2 atom stereocenters. The van der Waals surface area contributed by atoms with Crippen molar-refractivity contribution in [2.24, 2.45) is 0 Å². The summed E-state index contributed by atoms with van der Waals surface area (Å²) in [5.41, 5.74) is 0. The molecule has 0 spiro atoms. The molecule has 0 amide bonds. The van der Waals surface area contributed by atoms with Crippen LogP contribution in [0, 0.1) is 6.92 Å². The Kier molecular flexibility index (Phi) is 4.04. The minimum Gasteiger partial charge on any atom is -0.479 e. The molecule has 5 nitrogen and oxygen atoms in total. The topological polar surface area (TPSA) is 62.9 Å². The number of aliphatic carboxylic acids is 1. The van der Waals surface area contributed by atoms with Gasteiger partial charge in [-0.3, -0.25) is 4.90 Å². The van der Waals surface area contributed by atoms with E-state index in [9.17, 15) is 4.79 Å². The van der Waals surface area contributed by atoms with Gasteiger partial charge in [0, 0.05) is 6.54 Å². The van der Waals surface area contributed by atoms with Gasteiger partial charge in [-0.15, -0.1) is 0 Å². The molecule has 0 aliphatic carbocycles. The zero-order valence-electron chi connectivity index (χ0n) is 10.8. The Bertz CT molecular complexity index is 415. The largest absolute Gasteiger partial charge is 0.479 e. The first-order chi connectivity index (χ1) is 8.54. The average Bonchev–Trinajstić information content (AvgIpc) is 2.88. The fraction of sp³-hybridized carbons (Fsp3) is 0.615. The molecule has 1 aliphatic heterocycles. The Balaban J connectivity index is 1.78. The van der Waals surface area contributed by atoms with Gasteiger partial charge in [0.25, 0.3) is 0 Å². The number of hydrogen-bond acceptors (Lipinski definition) is 4. The van der Waals surface area contributed by atoms with Crippen LogP contribution in [0.4, 0.5) is 0 Å². The molecule has 2 heterocycles. The SMILES string of the molecule is Cc1ccc(CN(C)CC2CCC(C(=O)O)O2)o1. The van der Waals surface area contributed by atoms with E-state index in [0.29, 0.717) is 13.0 Å². The third kappa shape index (κ3) is 3.34. The number of nitrogens with zero attached hydrogens (tertiary/aromatic N) is 1. The highest BCUT2D eigenvalue weighted by Crippen LogP contribution is 2.21. The van der Waals surface area contributed by atoms with Crippen molar-refractivity contribution in [1.82, 2.24) is 4.90 Å². The van der Waals surface area contributed by atoms with E-state index in [4.69, 9.17) is 14.3 Å². The number of carboxylic acid groups (broad SMARTS) is 1. The summed E-state index contributed by atoms with van der Waals surface area (Å²) < 4.78 is 11.0. The van der Waals surface area contributed by atoms with Gasteiger partial charge in [-0.25, -0.2) is 4.79 Å². The summed E-state index contributed by atoms with van der Waals surface area (Å²) in [5.74, 6) is 0.964. The molecule has 1 N–H and O–H groups in total. The Morgan fingerprint density at radius 2 is 2.28 bits per heavy atom. The van der Waals surface area contributed by atoms with Crippen LogP contribution in [0.15, 0.2) is 16.5 Å². The summed E-state index contributed by atoms with van der Waals surface area (Å²) in [6, 6.07) is 3.90. The average molecular weight is 253 g/mol. The lowest BCUT2D eigenvalue weighted by atomic mass is 10.2. The number of furan rings is 1. The molecule has 0 radical (unpaired) electrons. The van der Waals surface area contributed by atoms with Crippen molar-refractivity contribution in [3.63, 3.8) is 0 Å². The van der Waals surface area contributed by atoms with E-state index in [0.717, 1.165) is 24.5 Å². The fourth-order valence-electron chi connectivity index (χ4n) is 2.27. The maximum absolute atomic E-state index is 10.8. The number of carbonyl (C=O) groups is 1. The number of likely N-dealkylation sites (N-methyl/N-ethyl adjacent to an activating group) is 1. The zero-order chi connectivity index (χ0) is 13.1. The smallest absolute Gasteiger partial charge is 0.332 e. The summed E-state index contributed by atoms with van der Waals surface area (Å²) in [7, 11) is 1.98. The maximum Gasteiger partial charge on any atom is 0.332 e. The van der Waals surface area contributed by atoms with E-state index < -0.39 is 12.1 Å². The first-order valence-corrected chi connectivity index (χ1v) is 6.16. The van der Waals surface area contributed by atoms with E-state index in [1.807, 2.05) is 26.1 Å². The Hall–Kier alpha value is -1.33. The monoisotopic (exact) mass is 253 g/mol. The third-order valence-electron chi connectivity index (χ3n) is 3.12. The second-order valence-corrected chi connectivity index (χ2v) is 4.87. The van der Waals surface area contributed by atoms with Crippen molar-refractivity contribution in [3.05, 3.63) is 23.7 Å². The first kappa shape index (κ1) is 13.1. The molecular formula is C13H19NO4. The normalized spacial score (nSPS) is 23.7. The quantitative estimate of drug-likeness (QED) is 0.864. The molecule has 0 saturated carbocycles. The van der Waals surface area contributed by atoms with Gasteiger partial charge >= 0.3 is 5.97 Å². The summed E-state index contributed by atoms with van der Waals surface area (Å²) >= 11 is 0. The van der Waals surface area contributed by atoms with Gasteiger partial charge in [-0.2, -0.15) is 0 Å². The lowest BCUT2D eigenvalue weighted by Gasteiger charge is -2.19. The standard InChI is InChI=1S/C13H19NO4/c1-9-3-4-10(17-9)7-14(2)8-11-5-6-12(18-11)13(15)16/h3-4,11-12H,5-8H2,1-2H3,(H,15,16). The molecule has 1 aromatic heterocycles. The van der Waals surface area contributed by atoms with Crippen LogP contribution in [0.2, 0.25) is 0 Å². The second-order valence-electron chi connectivity index (χ2n) is 4.87. The van der Waals surface area contributed by atoms with Crippen LogP contribution in [-0.4, -0.2) is 41.8 Å². The first-order valence-electron chi connectivity index (χ1n) is 6.16. The van der Waals surface area contributed by atoms with Gasteiger partial charge in [0.05, 0.1) is 12.6 Å². The third-order valence-corrected chi connectivity index (χ3v) is 3.12. The van der Waals surface area contributed by atoms with E-state index in [1.54, 1.807) is 0 Å². The van der Waals surface area contributed by atoms with Crippen LogP contribution in [0.5, 0.6) is 0 Å². The molecule has 1 saturated heterocycles. The van der Waals surface area contributed by atoms with Crippen molar-refractivity contribution < 1.29 is 19.1 Å². The molecule has 2 rings (SSSR count). The summed E-state index contributed by atoms with van der Waals surface area (Å²) in [5, 5.41) is 8.85. The fourth-order valence-corrected chi connectivity index (χ4v) is 2.27. The molecule has 0 aromatic carbocycles. The lowest BCUT2D eigenvalue weighted by Crippen LogP contribution is -2.30. The summed E-state index contributed by atoms with van der Waals surface area (Å²) in [4.78, 5) is 12.9. The summed E-state index contributed by atoms with van der Waals surface area (Å²) in [6.07, 6.45) is 0.785. The highest BCUT2D eigenvalue weighted by atomic mass is 16.5. The number of rotatable bonds is 5. The van der Waals surface area contributed by atoms with Gasteiger partial charge in [0.1, 0.15) is 11.5 Å². The minimum atomic E-state index is -0.859. The number of carboxylic acids is 1. The van der Waals surface area contributed by atoms with E-state index in [-0.39, 0.29) is 6.10 Å². The van der Waals surface area contributed by atoms with Crippen LogP contribution in [0.1, 0.15) is 24.4 Å². The van der Waals surface area contributed by atoms with Gasteiger partial charge in [0.2, 0.25) is 0 Å². The van der Waals surface area contributed by atoms with E-state index in [2.05, 4.69) is 4.90 Å². The highest BCUT2D eigenvalue weighted by molar-refractivity contribution is 5.72. The molecule has 100 valence electrons. The van der Waals surface area contributed by atoms with Gasteiger partial charge < -0.3 is 14.3 Å². The zero-order valence-corrected chi connectivity index (χ0v) is 10.8. The number of aryl methyl sites for hydroxylation is 1. The van der Waals surface area contributed by atoms with Crippen molar-refractivity contribution >= 4 is 5.97 Å². The van der Waals surface area contributed by atoms with Crippen LogP contribution in [-0.2, 0) is 16.1 Å².